The monoisotopic (exact) mass is 467 g/mol. The summed E-state index contributed by atoms with van der Waals surface area (Å²) in [4.78, 5) is 18.3. The zero-order chi connectivity index (χ0) is 23.0. The summed E-state index contributed by atoms with van der Waals surface area (Å²) in [5.74, 6) is 0.809. The van der Waals surface area contributed by atoms with Gasteiger partial charge in [0.25, 0.3) is 5.91 Å². The Balaban J connectivity index is 1.68. The maximum atomic E-state index is 13.4. The minimum absolute atomic E-state index is 0.0348. The number of nitrogens with zero attached hydrogens (tertiary/aromatic N) is 3. The predicted molar refractivity (Wildman–Crippen MR) is 133 cm³/mol. The van der Waals surface area contributed by atoms with Gasteiger partial charge in [-0.05, 0) is 30.7 Å². The number of anilines is 1. The Bertz CT molecular complexity index is 997. The number of thiophene rings is 1. The molecule has 0 saturated heterocycles. The van der Waals surface area contributed by atoms with Crippen LogP contribution in [0.2, 0.25) is 0 Å². The fraction of sp³-hybridized carbons (Fsp3) is 0.462. The average molecular weight is 468 g/mol. The lowest BCUT2D eigenvalue weighted by Crippen LogP contribution is -2.35. The minimum atomic E-state index is 0.0348. The zero-order valence-corrected chi connectivity index (χ0v) is 20.4. The molecule has 6 nitrogen and oxygen atoms in total. The number of amides is 1. The number of hydrogen-bond donors (Lipinski definition) is 0. The largest absolute Gasteiger partial charge is 0.385 e. The Labute approximate surface area is 200 Å². The van der Waals surface area contributed by atoms with E-state index >= 15 is 0 Å². The molecule has 0 atom stereocenters. The molecule has 1 fully saturated rings. The van der Waals surface area contributed by atoms with Crippen LogP contribution in [0.4, 0.5) is 5.88 Å². The third-order valence-electron chi connectivity index (χ3n) is 6.40. The number of carbonyl (C=O) groups is 1. The summed E-state index contributed by atoms with van der Waals surface area (Å²) in [6.45, 7) is 1.66. The summed E-state index contributed by atoms with van der Waals surface area (Å²) in [5, 5.41) is 6.44. The van der Waals surface area contributed by atoms with Crippen LogP contribution >= 0.6 is 11.3 Å². The second-order valence-corrected chi connectivity index (χ2v) is 9.58. The van der Waals surface area contributed by atoms with Crippen molar-refractivity contribution in [1.82, 2.24) is 10.1 Å². The Morgan fingerprint density at radius 2 is 1.94 bits per heavy atom. The van der Waals surface area contributed by atoms with Gasteiger partial charge in [-0.3, -0.25) is 4.79 Å². The van der Waals surface area contributed by atoms with Crippen molar-refractivity contribution in [3.63, 3.8) is 0 Å². The van der Waals surface area contributed by atoms with Crippen LogP contribution in [0.15, 0.2) is 52.4 Å². The number of rotatable bonds is 10. The van der Waals surface area contributed by atoms with E-state index in [0.29, 0.717) is 25.7 Å². The first-order valence-corrected chi connectivity index (χ1v) is 12.7. The first kappa shape index (κ1) is 23.5. The number of hydrogen-bond acceptors (Lipinski definition) is 6. The molecular weight excluding hydrogens is 434 g/mol. The van der Waals surface area contributed by atoms with Crippen molar-refractivity contribution in [1.29, 1.82) is 0 Å². The maximum absolute atomic E-state index is 13.4. The molecular formula is C26H33N3O3S. The molecule has 0 aliphatic heterocycles. The van der Waals surface area contributed by atoms with E-state index in [1.807, 2.05) is 52.7 Å². The van der Waals surface area contributed by atoms with Gasteiger partial charge >= 0.3 is 0 Å². The summed E-state index contributed by atoms with van der Waals surface area (Å²) in [6.07, 6.45) is 6.86. The third kappa shape index (κ3) is 5.65. The number of methoxy groups -OCH3 is 1. The van der Waals surface area contributed by atoms with Crippen molar-refractivity contribution < 1.29 is 14.1 Å². The summed E-state index contributed by atoms with van der Waals surface area (Å²) >= 11 is 1.47. The summed E-state index contributed by atoms with van der Waals surface area (Å²) in [7, 11) is 3.79. The first-order chi connectivity index (χ1) is 16.2. The lowest BCUT2D eigenvalue weighted by atomic mass is 9.94. The molecule has 0 bridgehead atoms. The number of carbonyl (C=O) groups excluding carboxylic acids is 1. The molecule has 1 aliphatic carbocycles. The Kier molecular flexibility index (Phi) is 8.18. The fourth-order valence-corrected chi connectivity index (χ4v) is 5.27. The van der Waals surface area contributed by atoms with E-state index in [4.69, 9.17) is 9.26 Å². The van der Waals surface area contributed by atoms with Gasteiger partial charge in [-0.15, -0.1) is 11.3 Å². The van der Waals surface area contributed by atoms with E-state index in [2.05, 4.69) is 17.1 Å². The zero-order valence-electron chi connectivity index (χ0n) is 19.5. The molecule has 33 heavy (non-hydrogen) atoms. The molecule has 1 amide bonds. The van der Waals surface area contributed by atoms with Gasteiger partial charge in [0.15, 0.2) is 0 Å². The highest BCUT2D eigenvalue weighted by Gasteiger charge is 2.29. The van der Waals surface area contributed by atoms with Gasteiger partial charge in [-0.2, -0.15) is 0 Å². The van der Waals surface area contributed by atoms with E-state index in [1.54, 1.807) is 7.11 Å². The summed E-state index contributed by atoms with van der Waals surface area (Å²) in [6, 6.07) is 14.3. The van der Waals surface area contributed by atoms with Gasteiger partial charge < -0.3 is 19.1 Å². The number of ether oxygens (including phenoxy) is 1. The SMILES string of the molecule is COCCCN(Cc1c(-c2ccccc2)noc1N(C)C1CCCCC1)C(=O)c1cccs1. The van der Waals surface area contributed by atoms with Crippen LogP contribution < -0.4 is 4.90 Å². The number of benzene rings is 1. The highest BCUT2D eigenvalue weighted by atomic mass is 32.1. The van der Waals surface area contributed by atoms with Crippen molar-refractivity contribution in [2.24, 2.45) is 0 Å². The Hall–Kier alpha value is -2.64. The molecule has 4 rings (SSSR count). The van der Waals surface area contributed by atoms with Gasteiger partial charge in [0.05, 0.1) is 17.0 Å². The van der Waals surface area contributed by atoms with Crippen LogP contribution in [0, 0.1) is 0 Å². The molecule has 0 unspecified atom stereocenters. The van der Waals surface area contributed by atoms with Gasteiger partial charge in [-0.1, -0.05) is 60.8 Å². The van der Waals surface area contributed by atoms with E-state index in [9.17, 15) is 4.79 Å². The lowest BCUT2D eigenvalue weighted by molar-refractivity contribution is 0.0729. The molecule has 1 saturated carbocycles. The molecule has 2 aromatic heterocycles. The Morgan fingerprint density at radius 3 is 2.64 bits per heavy atom. The second kappa shape index (κ2) is 11.5. The van der Waals surface area contributed by atoms with E-state index in [1.165, 1.54) is 30.6 Å². The van der Waals surface area contributed by atoms with Crippen molar-refractivity contribution in [3.8, 4) is 11.3 Å². The van der Waals surface area contributed by atoms with Crippen LogP contribution in [-0.4, -0.2) is 49.3 Å². The van der Waals surface area contributed by atoms with E-state index < -0.39 is 0 Å². The van der Waals surface area contributed by atoms with Crippen molar-refractivity contribution in [2.45, 2.75) is 51.1 Å². The molecule has 0 N–H and O–H groups in total. The first-order valence-electron chi connectivity index (χ1n) is 11.8. The molecule has 0 spiro atoms. The molecule has 0 radical (unpaired) electrons. The highest BCUT2D eigenvalue weighted by molar-refractivity contribution is 7.12. The molecule has 176 valence electrons. The lowest BCUT2D eigenvalue weighted by Gasteiger charge is -2.32. The van der Waals surface area contributed by atoms with Gasteiger partial charge in [-0.25, -0.2) is 0 Å². The molecule has 1 aromatic carbocycles. The second-order valence-electron chi connectivity index (χ2n) is 8.63. The number of aromatic nitrogens is 1. The van der Waals surface area contributed by atoms with Gasteiger partial charge in [0, 0.05) is 38.9 Å². The third-order valence-corrected chi connectivity index (χ3v) is 7.26. The summed E-state index contributed by atoms with van der Waals surface area (Å²) < 4.78 is 11.2. The quantitative estimate of drug-likeness (QED) is 0.350. The Morgan fingerprint density at radius 1 is 1.15 bits per heavy atom. The normalized spacial score (nSPS) is 14.4. The maximum Gasteiger partial charge on any atom is 0.264 e. The van der Waals surface area contributed by atoms with Crippen molar-refractivity contribution in [3.05, 3.63) is 58.3 Å². The van der Waals surface area contributed by atoms with E-state index in [0.717, 1.165) is 46.8 Å². The van der Waals surface area contributed by atoms with Gasteiger partial charge in [0.2, 0.25) is 5.88 Å². The van der Waals surface area contributed by atoms with Crippen LogP contribution in [0.3, 0.4) is 0 Å². The van der Waals surface area contributed by atoms with Crippen molar-refractivity contribution >= 4 is 23.1 Å². The topological polar surface area (TPSA) is 58.8 Å². The minimum Gasteiger partial charge on any atom is -0.385 e. The molecule has 2 heterocycles. The van der Waals surface area contributed by atoms with E-state index in [-0.39, 0.29) is 5.91 Å². The smallest absolute Gasteiger partial charge is 0.264 e. The summed E-state index contributed by atoms with van der Waals surface area (Å²) in [5.41, 5.74) is 2.78. The van der Waals surface area contributed by atoms with Crippen LogP contribution in [0.5, 0.6) is 0 Å². The fourth-order valence-electron chi connectivity index (χ4n) is 4.58. The average Bonchev–Trinajstić information content (AvgIpc) is 3.54. The van der Waals surface area contributed by atoms with Gasteiger partial charge in [0.1, 0.15) is 5.69 Å². The predicted octanol–water partition coefficient (Wildman–Crippen LogP) is 5.85. The standard InChI is InChI=1S/C26H33N3O3S/c1-28(21-13-7-4-8-14-21)26-22(24(27-32-26)20-11-5-3-6-12-20)19-29(16-10-17-31-2)25(30)23-15-9-18-33-23/h3,5-6,9,11-12,15,18,21H,4,7-8,10,13-14,16-17,19H2,1-2H3. The highest BCUT2D eigenvalue weighted by Crippen LogP contribution is 2.35. The van der Waals surface area contributed by atoms with Crippen LogP contribution in [0.1, 0.15) is 53.8 Å². The van der Waals surface area contributed by atoms with Crippen LogP contribution in [-0.2, 0) is 11.3 Å². The van der Waals surface area contributed by atoms with Crippen molar-refractivity contribution in [2.75, 3.05) is 32.2 Å². The molecule has 7 heteroatoms. The molecule has 3 aromatic rings. The molecule has 1 aliphatic rings. The van der Waals surface area contributed by atoms with Crippen LogP contribution in [0.25, 0.3) is 11.3 Å².